The fourth-order valence-electron chi connectivity index (χ4n) is 4.25. The second-order valence-corrected chi connectivity index (χ2v) is 7.67. The number of fused-ring (bicyclic) bond motifs is 1. The molecule has 1 fully saturated rings. The van der Waals surface area contributed by atoms with E-state index in [1.165, 1.54) is 0 Å². The van der Waals surface area contributed by atoms with Crippen LogP contribution in [0.1, 0.15) is 59.7 Å². The number of nitrogens with one attached hydrogen (secondary N) is 1. The van der Waals surface area contributed by atoms with Crippen LogP contribution >= 0.6 is 0 Å². The van der Waals surface area contributed by atoms with E-state index in [4.69, 9.17) is 9.97 Å². The Morgan fingerprint density at radius 3 is 2.62 bits per heavy atom. The number of hydrogen-bond acceptors (Lipinski definition) is 5. The number of carbonyl (C=O) groups is 2. The van der Waals surface area contributed by atoms with E-state index < -0.39 is 0 Å². The van der Waals surface area contributed by atoms with Crippen LogP contribution in [0, 0.1) is 0 Å². The van der Waals surface area contributed by atoms with Crippen LogP contribution in [0.25, 0.3) is 0 Å². The molecule has 0 unspecified atom stereocenters. The highest BCUT2D eigenvalue weighted by atomic mass is 16.2. The van der Waals surface area contributed by atoms with Crippen LogP contribution in [0.15, 0.2) is 30.3 Å². The normalized spacial score (nSPS) is 18.9. The first-order chi connectivity index (χ1) is 14.1. The number of piperidine rings is 1. The van der Waals surface area contributed by atoms with Crippen molar-refractivity contribution in [1.29, 1.82) is 0 Å². The number of benzene rings is 1. The fourth-order valence-corrected chi connectivity index (χ4v) is 4.25. The minimum atomic E-state index is -0.125. The lowest BCUT2D eigenvalue weighted by Crippen LogP contribution is -2.40. The van der Waals surface area contributed by atoms with Crippen molar-refractivity contribution in [3.8, 4) is 0 Å². The molecule has 2 aliphatic rings. The molecule has 4 rings (SSSR count). The Bertz CT molecular complexity index is 898. The molecule has 7 nitrogen and oxygen atoms in total. The van der Waals surface area contributed by atoms with Gasteiger partial charge >= 0.3 is 0 Å². The van der Waals surface area contributed by atoms with Gasteiger partial charge in [-0.3, -0.25) is 9.59 Å². The monoisotopic (exact) mass is 393 g/mol. The number of hydrogen-bond donors (Lipinski definition) is 1. The van der Waals surface area contributed by atoms with Gasteiger partial charge in [-0.2, -0.15) is 0 Å². The Balaban J connectivity index is 1.67. The molecule has 1 saturated heterocycles. The standard InChI is InChI=1S/C22H27N5O2/c1-15(28)26-13-11-18-17(14-26)20(23-2)25-21(24-18)19-10-6-7-12-27(19)22(29)16-8-4-3-5-9-16/h3-5,8-9,19H,6-7,10-14H2,1-2H3,(H,23,24,25)/t19-/m1/s1. The third-order valence-corrected chi connectivity index (χ3v) is 5.84. The van der Waals surface area contributed by atoms with Crippen LogP contribution in [0.3, 0.4) is 0 Å². The lowest BCUT2D eigenvalue weighted by atomic mass is 9.99. The van der Waals surface area contributed by atoms with Crippen molar-refractivity contribution in [2.45, 2.75) is 45.2 Å². The van der Waals surface area contributed by atoms with Gasteiger partial charge in [-0.15, -0.1) is 0 Å². The van der Waals surface area contributed by atoms with Crippen molar-refractivity contribution >= 4 is 17.6 Å². The number of nitrogens with zero attached hydrogens (tertiary/aromatic N) is 4. The molecule has 2 aliphatic heterocycles. The number of aromatic nitrogens is 2. The Kier molecular flexibility index (Phi) is 5.47. The van der Waals surface area contributed by atoms with Crippen LogP contribution < -0.4 is 5.32 Å². The quantitative estimate of drug-likeness (QED) is 0.868. The molecular formula is C22H27N5O2. The summed E-state index contributed by atoms with van der Waals surface area (Å²) in [7, 11) is 1.84. The lowest BCUT2D eigenvalue weighted by molar-refractivity contribution is -0.129. The molecule has 152 valence electrons. The second kappa shape index (κ2) is 8.19. The summed E-state index contributed by atoms with van der Waals surface area (Å²) in [5, 5.41) is 3.18. The van der Waals surface area contributed by atoms with Gasteiger partial charge in [-0.25, -0.2) is 9.97 Å². The number of anilines is 1. The van der Waals surface area contributed by atoms with Crippen LogP contribution in [0.2, 0.25) is 0 Å². The molecule has 0 bridgehead atoms. The van der Waals surface area contributed by atoms with E-state index in [1.807, 2.05) is 47.2 Å². The molecule has 1 atom stereocenters. The summed E-state index contributed by atoms with van der Waals surface area (Å²) < 4.78 is 0. The largest absolute Gasteiger partial charge is 0.373 e. The van der Waals surface area contributed by atoms with Gasteiger partial charge in [0, 0.05) is 44.6 Å². The van der Waals surface area contributed by atoms with Gasteiger partial charge in [-0.05, 0) is 31.4 Å². The average molecular weight is 393 g/mol. The van der Waals surface area contributed by atoms with Gasteiger partial charge in [0.1, 0.15) is 5.82 Å². The molecule has 2 aromatic rings. The third kappa shape index (κ3) is 3.81. The smallest absolute Gasteiger partial charge is 0.254 e. The first-order valence-corrected chi connectivity index (χ1v) is 10.3. The Morgan fingerprint density at radius 1 is 1.10 bits per heavy atom. The van der Waals surface area contributed by atoms with Gasteiger partial charge in [0.25, 0.3) is 5.91 Å². The first kappa shape index (κ1) is 19.4. The highest BCUT2D eigenvalue weighted by molar-refractivity contribution is 5.94. The van der Waals surface area contributed by atoms with Crippen molar-refractivity contribution in [3.05, 3.63) is 53.0 Å². The van der Waals surface area contributed by atoms with Crippen molar-refractivity contribution in [2.24, 2.45) is 0 Å². The van der Waals surface area contributed by atoms with Crippen molar-refractivity contribution < 1.29 is 9.59 Å². The number of amides is 2. The van der Waals surface area contributed by atoms with E-state index in [0.717, 1.165) is 36.3 Å². The summed E-state index contributed by atoms with van der Waals surface area (Å²) in [6.07, 6.45) is 3.61. The van der Waals surface area contributed by atoms with Gasteiger partial charge in [-0.1, -0.05) is 18.2 Å². The summed E-state index contributed by atoms with van der Waals surface area (Å²) in [6.45, 7) is 3.50. The molecule has 2 amide bonds. The van der Waals surface area contributed by atoms with Gasteiger partial charge in [0.15, 0.2) is 5.82 Å². The predicted octanol–water partition coefficient (Wildman–Crippen LogP) is 2.79. The van der Waals surface area contributed by atoms with E-state index >= 15 is 0 Å². The van der Waals surface area contributed by atoms with E-state index in [0.29, 0.717) is 37.4 Å². The molecular weight excluding hydrogens is 366 g/mol. The van der Waals surface area contributed by atoms with Crippen LogP contribution in [-0.4, -0.2) is 51.7 Å². The molecule has 3 heterocycles. The number of likely N-dealkylation sites (tertiary alicyclic amines) is 1. The second-order valence-electron chi connectivity index (χ2n) is 7.67. The third-order valence-electron chi connectivity index (χ3n) is 5.84. The average Bonchev–Trinajstić information content (AvgIpc) is 2.78. The van der Waals surface area contributed by atoms with Crippen molar-refractivity contribution in [3.63, 3.8) is 0 Å². The SMILES string of the molecule is CNc1nc([C@H]2CCCCN2C(=O)c2ccccc2)nc2c1CN(C(C)=O)CC2. The minimum Gasteiger partial charge on any atom is -0.373 e. The number of rotatable bonds is 3. The van der Waals surface area contributed by atoms with E-state index in [-0.39, 0.29) is 17.9 Å². The Labute approximate surface area is 171 Å². The van der Waals surface area contributed by atoms with E-state index in [2.05, 4.69) is 5.32 Å². The van der Waals surface area contributed by atoms with Crippen LogP contribution in [-0.2, 0) is 17.8 Å². The maximum Gasteiger partial charge on any atom is 0.254 e. The number of carbonyl (C=O) groups excluding carboxylic acids is 2. The zero-order valence-electron chi connectivity index (χ0n) is 17.0. The van der Waals surface area contributed by atoms with Crippen molar-refractivity contribution in [1.82, 2.24) is 19.8 Å². The Hall–Kier alpha value is -2.96. The molecule has 1 N–H and O–H groups in total. The van der Waals surface area contributed by atoms with Gasteiger partial charge in [0.05, 0.1) is 18.3 Å². The molecule has 1 aromatic heterocycles. The fraction of sp³-hybridized carbons (Fsp3) is 0.455. The highest BCUT2D eigenvalue weighted by Gasteiger charge is 2.32. The summed E-state index contributed by atoms with van der Waals surface area (Å²) in [4.78, 5) is 38.4. The molecule has 0 saturated carbocycles. The van der Waals surface area contributed by atoms with Gasteiger partial charge in [0.2, 0.25) is 5.91 Å². The topological polar surface area (TPSA) is 78.4 Å². The zero-order valence-corrected chi connectivity index (χ0v) is 17.0. The molecule has 0 spiro atoms. The van der Waals surface area contributed by atoms with Crippen molar-refractivity contribution in [2.75, 3.05) is 25.5 Å². The van der Waals surface area contributed by atoms with E-state index in [1.54, 1.807) is 6.92 Å². The summed E-state index contributed by atoms with van der Waals surface area (Å²) in [6, 6.07) is 9.29. The molecule has 7 heteroatoms. The first-order valence-electron chi connectivity index (χ1n) is 10.3. The zero-order chi connectivity index (χ0) is 20.4. The summed E-state index contributed by atoms with van der Waals surface area (Å²) in [5.41, 5.74) is 2.66. The molecule has 29 heavy (non-hydrogen) atoms. The molecule has 0 radical (unpaired) electrons. The molecule has 1 aromatic carbocycles. The molecule has 0 aliphatic carbocycles. The minimum absolute atomic E-state index is 0.0328. The van der Waals surface area contributed by atoms with Crippen LogP contribution in [0.5, 0.6) is 0 Å². The lowest BCUT2D eigenvalue weighted by Gasteiger charge is -2.36. The maximum absolute atomic E-state index is 13.2. The summed E-state index contributed by atoms with van der Waals surface area (Å²) >= 11 is 0. The Morgan fingerprint density at radius 2 is 1.90 bits per heavy atom. The highest BCUT2D eigenvalue weighted by Crippen LogP contribution is 2.33. The van der Waals surface area contributed by atoms with Crippen LogP contribution in [0.4, 0.5) is 5.82 Å². The van der Waals surface area contributed by atoms with Gasteiger partial charge < -0.3 is 15.1 Å². The predicted molar refractivity (Wildman–Crippen MR) is 110 cm³/mol. The maximum atomic E-state index is 13.2. The summed E-state index contributed by atoms with van der Waals surface area (Å²) in [5.74, 6) is 1.56. The van der Waals surface area contributed by atoms with E-state index in [9.17, 15) is 9.59 Å².